The van der Waals surface area contributed by atoms with E-state index >= 15 is 0 Å². The van der Waals surface area contributed by atoms with Crippen molar-refractivity contribution in [1.82, 2.24) is 37.2 Å². The van der Waals surface area contributed by atoms with Crippen LogP contribution in [0.2, 0.25) is 0 Å². The maximum absolute atomic E-state index is 14.4. The zero-order valence-electron chi connectivity index (χ0n) is 51.6. The molecule has 0 aliphatic carbocycles. The Labute approximate surface area is 534 Å². The van der Waals surface area contributed by atoms with E-state index in [-0.39, 0.29) is 156 Å². The van der Waals surface area contributed by atoms with E-state index in [0.717, 1.165) is 0 Å². The number of methoxy groups -OCH3 is 4. The highest BCUT2D eigenvalue weighted by Crippen LogP contribution is 2.28. The first-order chi connectivity index (χ1) is 44.3. The van der Waals surface area contributed by atoms with Crippen molar-refractivity contribution in [2.75, 3.05) is 69.3 Å². The lowest BCUT2D eigenvalue weighted by Gasteiger charge is -2.22. The van der Waals surface area contributed by atoms with Crippen molar-refractivity contribution in [3.8, 4) is 28.7 Å². The van der Waals surface area contributed by atoms with E-state index < -0.39 is 77.4 Å². The van der Waals surface area contributed by atoms with E-state index in [0.29, 0.717) is 5.56 Å². The minimum atomic E-state index is -1.42. The standard InChI is InChI=1S/C61H77N17O15/c1-32(79)71-34-14-20-47(90-2)39(28-34)51(81)75-43(9-6-24-68-59(62)63)55(85)72-35-15-21-48(91-3)40(29-35)52(82)76-44(10-7-25-69-60(64)65)56(86)73-36-16-22-49(92-4)41(30-36)53(83)77-45(11-8-26-70-61(66)67)57(87)74-37-17-23-50(93-5)42(31-37)54(84)78-46(58(88)89)27-33-12-18-38(80)19-13-33/h12-23,28-31,43-46,80H,6-11,24-27H2,1-5H3,(H,71,79)(H,72,85)(H,73,86)(H,74,87)(H,75,81)(H,76,82)(H,77,83)(H,78,84)(H,88,89)(H4,62,63,68)(H4,64,65,69)(H4,66,67,70). The van der Waals surface area contributed by atoms with Gasteiger partial charge in [-0.25, -0.2) is 4.79 Å². The fraction of sp³-hybridized carbons (Fsp3) is 0.311. The van der Waals surface area contributed by atoms with E-state index in [1.54, 1.807) is 0 Å². The molecule has 0 aliphatic heterocycles. The highest BCUT2D eigenvalue weighted by Gasteiger charge is 2.30. The SMILES string of the molecule is COc1ccc(NC(=O)C(CCCNC(=N)N)NC(=O)c2cc(NC(=O)C(CCCNC(=N)N)NC(=O)c3cc(NC(=O)C(CCCNC(=N)N)NC(=O)c4cc(NC(C)=O)ccc4OC)ccc3OC)ccc2OC)cc1C(=O)NC(Cc1ccc(O)cc1)C(=O)O. The molecule has 32 nitrogen and oxygen atoms in total. The number of aromatic hydroxyl groups is 1. The van der Waals surface area contributed by atoms with Gasteiger partial charge in [-0.15, -0.1) is 0 Å². The number of nitrogens with two attached hydrogens (primary N) is 3. The predicted molar refractivity (Wildman–Crippen MR) is 344 cm³/mol. The third-order valence-corrected chi connectivity index (χ3v) is 13.7. The highest BCUT2D eigenvalue weighted by molar-refractivity contribution is 6.08. The minimum absolute atomic E-state index is 0.00502. The zero-order valence-corrected chi connectivity index (χ0v) is 51.6. The Morgan fingerprint density at radius 2 is 0.710 bits per heavy atom. The number of nitrogens with one attached hydrogen (secondary N) is 14. The lowest BCUT2D eigenvalue weighted by Crippen LogP contribution is -2.45. The van der Waals surface area contributed by atoms with Crippen LogP contribution in [0.1, 0.15) is 92.4 Å². The number of anilines is 4. The number of ether oxygens (including phenoxy) is 4. The number of carbonyl (C=O) groups is 9. The van der Waals surface area contributed by atoms with Crippen LogP contribution < -0.4 is 94.6 Å². The number of hydrogen-bond acceptors (Lipinski definition) is 17. The van der Waals surface area contributed by atoms with Crippen molar-refractivity contribution in [3.63, 3.8) is 0 Å². The van der Waals surface area contributed by atoms with Crippen molar-refractivity contribution in [2.24, 2.45) is 17.2 Å². The van der Waals surface area contributed by atoms with Crippen LogP contribution in [-0.2, 0) is 30.4 Å². The monoisotopic (exact) mass is 1290 g/mol. The van der Waals surface area contributed by atoms with E-state index in [4.69, 9.17) is 52.4 Å². The van der Waals surface area contributed by atoms with Gasteiger partial charge in [0.1, 0.15) is 52.9 Å². The van der Waals surface area contributed by atoms with Crippen LogP contribution in [-0.4, -0.2) is 154 Å². The first kappa shape index (κ1) is 71.9. The summed E-state index contributed by atoms with van der Waals surface area (Å²) in [6.45, 7) is 1.67. The van der Waals surface area contributed by atoms with E-state index in [2.05, 4.69) is 58.5 Å². The number of carbonyl (C=O) groups excluding carboxylic acids is 8. The first-order valence-corrected chi connectivity index (χ1v) is 28.7. The first-order valence-electron chi connectivity index (χ1n) is 28.7. The van der Waals surface area contributed by atoms with Gasteiger partial charge in [0.25, 0.3) is 23.6 Å². The van der Waals surface area contributed by atoms with Crippen molar-refractivity contribution < 1.29 is 72.3 Å². The van der Waals surface area contributed by atoms with E-state index in [1.807, 2.05) is 0 Å². The van der Waals surface area contributed by atoms with Crippen LogP contribution >= 0.6 is 0 Å². The molecule has 0 saturated heterocycles. The molecule has 32 heteroatoms. The molecular formula is C61H77N17O15. The Balaban J connectivity index is 1.38. The van der Waals surface area contributed by atoms with Gasteiger partial charge in [0.2, 0.25) is 23.6 Å². The molecule has 0 fully saturated rings. The van der Waals surface area contributed by atoms with Gasteiger partial charge in [0, 0.05) is 55.7 Å². The van der Waals surface area contributed by atoms with Gasteiger partial charge in [-0.3, -0.25) is 54.6 Å². The largest absolute Gasteiger partial charge is 0.508 e. The number of hydrogen-bond donors (Lipinski definition) is 19. The Kier molecular flexibility index (Phi) is 27.3. The molecule has 4 unspecified atom stereocenters. The van der Waals surface area contributed by atoms with Gasteiger partial charge in [0.15, 0.2) is 17.9 Å². The number of phenolic OH excluding ortho intramolecular Hbond substituents is 1. The van der Waals surface area contributed by atoms with Crippen LogP contribution in [0, 0.1) is 16.2 Å². The highest BCUT2D eigenvalue weighted by atomic mass is 16.5. The topological polar surface area (TPSA) is 513 Å². The van der Waals surface area contributed by atoms with Crippen LogP contribution in [0.15, 0.2) is 97.1 Å². The fourth-order valence-electron chi connectivity index (χ4n) is 9.15. The normalized spacial score (nSPS) is 11.8. The number of amides is 8. The fourth-order valence-corrected chi connectivity index (χ4v) is 9.15. The molecule has 4 atom stereocenters. The third kappa shape index (κ3) is 22.6. The number of phenols is 1. The van der Waals surface area contributed by atoms with Crippen LogP contribution in [0.4, 0.5) is 22.7 Å². The molecule has 5 aromatic carbocycles. The van der Waals surface area contributed by atoms with Gasteiger partial charge in [0.05, 0.1) is 50.7 Å². The molecule has 0 heterocycles. The molecule has 5 aromatic rings. The van der Waals surface area contributed by atoms with Gasteiger partial charge in [-0.2, -0.15) is 0 Å². The summed E-state index contributed by atoms with van der Waals surface area (Å²) >= 11 is 0. The minimum Gasteiger partial charge on any atom is -0.508 e. The number of benzene rings is 5. The zero-order chi connectivity index (χ0) is 68.3. The van der Waals surface area contributed by atoms with Crippen LogP contribution in [0.5, 0.6) is 28.7 Å². The Morgan fingerprint density at radius 1 is 0.430 bits per heavy atom. The molecular weight excluding hydrogens is 1210 g/mol. The lowest BCUT2D eigenvalue weighted by atomic mass is 10.0. The summed E-state index contributed by atoms with van der Waals surface area (Å²) < 4.78 is 21.8. The summed E-state index contributed by atoms with van der Waals surface area (Å²) in [7, 11) is 5.20. The molecule has 93 heavy (non-hydrogen) atoms. The molecule has 0 aromatic heterocycles. The number of carboxylic acid groups (broad SMARTS) is 1. The quantitative estimate of drug-likeness (QED) is 0.0159. The number of aliphatic carboxylic acids is 1. The molecule has 0 spiro atoms. The second-order valence-electron chi connectivity index (χ2n) is 20.6. The van der Waals surface area contributed by atoms with Gasteiger partial charge in [-0.1, -0.05) is 12.1 Å². The Bertz CT molecular complexity index is 3570. The summed E-state index contributed by atoms with van der Waals surface area (Å²) in [6.07, 6.45) is 0.356. The Hall–Kier alpha value is -11.9. The summed E-state index contributed by atoms with van der Waals surface area (Å²) in [5.74, 6) is -8.21. The van der Waals surface area contributed by atoms with Gasteiger partial charge < -0.3 is 105 Å². The third-order valence-electron chi connectivity index (χ3n) is 13.7. The average Bonchev–Trinajstić information content (AvgIpc) is 0.877. The van der Waals surface area contributed by atoms with Gasteiger partial charge in [-0.05, 0) is 129 Å². The number of rotatable bonds is 34. The molecule has 0 bridgehead atoms. The average molecular weight is 1290 g/mol. The second-order valence-corrected chi connectivity index (χ2v) is 20.6. The summed E-state index contributed by atoms with van der Waals surface area (Å²) in [4.78, 5) is 123. The molecule has 5 rings (SSSR count). The van der Waals surface area contributed by atoms with Crippen LogP contribution in [0.3, 0.4) is 0 Å². The molecule has 0 saturated carbocycles. The van der Waals surface area contributed by atoms with E-state index in [1.165, 1.54) is 132 Å². The Morgan fingerprint density at radius 3 is 0.968 bits per heavy atom. The summed E-state index contributed by atoms with van der Waals surface area (Å²) in [6, 6.07) is 17.0. The maximum Gasteiger partial charge on any atom is 0.326 e. The molecule has 22 N–H and O–H groups in total. The molecule has 8 amide bonds. The van der Waals surface area contributed by atoms with Crippen molar-refractivity contribution in [1.29, 1.82) is 16.2 Å². The number of carboxylic acids is 1. The van der Waals surface area contributed by atoms with Crippen molar-refractivity contribution in [2.45, 2.75) is 76.0 Å². The van der Waals surface area contributed by atoms with Gasteiger partial charge >= 0.3 is 5.97 Å². The van der Waals surface area contributed by atoms with Crippen molar-refractivity contribution in [3.05, 3.63) is 125 Å². The molecule has 496 valence electrons. The smallest absolute Gasteiger partial charge is 0.326 e. The predicted octanol–water partition coefficient (Wildman–Crippen LogP) is 1.81. The summed E-state index contributed by atoms with van der Waals surface area (Å²) in [5.41, 5.74) is 16.9. The van der Waals surface area contributed by atoms with Crippen LogP contribution in [0.25, 0.3) is 0 Å². The maximum atomic E-state index is 14.4. The lowest BCUT2D eigenvalue weighted by molar-refractivity contribution is -0.139. The molecule has 0 radical (unpaired) electrons. The van der Waals surface area contributed by atoms with Crippen molar-refractivity contribution >= 4 is 93.9 Å². The summed E-state index contributed by atoms with van der Waals surface area (Å²) in [5, 5.41) is 71.6. The number of guanidine groups is 3. The molecule has 0 aliphatic rings. The van der Waals surface area contributed by atoms with E-state index in [9.17, 15) is 53.4 Å². The second kappa shape index (κ2) is 35.4.